The van der Waals surface area contributed by atoms with Crippen LogP contribution in [-0.2, 0) is 15.8 Å². The van der Waals surface area contributed by atoms with Crippen LogP contribution in [0.4, 0.5) is 0 Å². The van der Waals surface area contributed by atoms with Crippen molar-refractivity contribution < 1.29 is 9.16 Å². The molecule has 105 valence electrons. The highest BCUT2D eigenvalue weighted by Crippen LogP contribution is 2.15. The van der Waals surface area contributed by atoms with E-state index in [-0.39, 0.29) is 5.73 Å². The highest BCUT2D eigenvalue weighted by Gasteiger charge is 2.21. The fourth-order valence-corrected chi connectivity index (χ4v) is 3.99. The molecule has 0 saturated carbocycles. The van der Waals surface area contributed by atoms with Crippen LogP contribution in [0.15, 0.2) is 30.8 Å². The van der Waals surface area contributed by atoms with Gasteiger partial charge in [0, 0.05) is 6.61 Å². The van der Waals surface area contributed by atoms with E-state index in [2.05, 4.69) is 32.6 Å². The van der Waals surface area contributed by atoms with E-state index in [9.17, 15) is 0 Å². The Morgan fingerprint density at radius 3 is 2.68 bits per heavy atom. The Kier molecular flexibility index (Phi) is 7.71. The van der Waals surface area contributed by atoms with Crippen molar-refractivity contribution in [3.05, 3.63) is 42.0 Å². The molecule has 0 heterocycles. The third kappa shape index (κ3) is 5.31. The van der Waals surface area contributed by atoms with Crippen molar-refractivity contribution in [2.45, 2.75) is 45.6 Å². The second kappa shape index (κ2) is 9.07. The van der Waals surface area contributed by atoms with Crippen molar-refractivity contribution in [3.63, 3.8) is 0 Å². The van der Waals surface area contributed by atoms with Gasteiger partial charge in [-0.05, 0) is 31.0 Å². The Labute approximate surface area is 119 Å². The van der Waals surface area contributed by atoms with E-state index in [1.807, 2.05) is 25.1 Å². The molecule has 0 N–H and O–H groups in total. The van der Waals surface area contributed by atoms with Crippen LogP contribution in [0.3, 0.4) is 0 Å². The lowest BCUT2D eigenvalue weighted by Crippen LogP contribution is -2.34. The Hall–Kier alpha value is -0.903. The fraction of sp³-hybridized carbons (Fsp3) is 0.500. The molecule has 0 aliphatic heterocycles. The summed E-state index contributed by atoms with van der Waals surface area (Å²) in [6.45, 7) is 11.6. The lowest BCUT2D eigenvalue weighted by molar-refractivity contribution is 0.107. The van der Waals surface area contributed by atoms with Crippen LogP contribution in [0.5, 0.6) is 0 Å². The average molecular weight is 277 g/mol. The van der Waals surface area contributed by atoms with Crippen molar-refractivity contribution in [2.75, 3.05) is 6.61 Å². The summed E-state index contributed by atoms with van der Waals surface area (Å²) < 4.78 is 11.9. The van der Waals surface area contributed by atoms with Crippen LogP contribution in [0, 0.1) is 0 Å². The topological polar surface area (TPSA) is 18.5 Å². The van der Waals surface area contributed by atoms with E-state index >= 15 is 0 Å². The maximum atomic E-state index is 6.15. The van der Waals surface area contributed by atoms with Gasteiger partial charge >= 0.3 is 0 Å². The second-order valence-corrected chi connectivity index (χ2v) is 7.04. The zero-order valence-corrected chi connectivity index (χ0v) is 13.3. The lowest BCUT2D eigenvalue weighted by Gasteiger charge is -2.22. The maximum Gasteiger partial charge on any atom is 0.241 e. The molecule has 1 aromatic carbocycles. The standard InChI is InChI=1S/C16H25O2Si/c1-5-12-19(14(4)17-7-3)18-13-16-11-9-8-10-15(16)6-2/h6,8-11,14H,2,5,7,12-13H2,1,3-4H3. The summed E-state index contributed by atoms with van der Waals surface area (Å²) in [7, 11) is -0.914. The monoisotopic (exact) mass is 277 g/mol. The van der Waals surface area contributed by atoms with E-state index in [1.165, 1.54) is 5.56 Å². The minimum Gasteiger partial charge on any atom is -0.410 e. The predicted octanol–water partition coefficient (Wildman–Crippen LogP) is 4.21. The third-order valence-electron chi connectivity index (χ3n) is 3.05. The summed E-state index contributed by atoms with van der Waals surface area (Å²) in [5, 5.41) is 0. The van der Waals surface area contributed by atoms with Crippen LogP contribution in [0.2, 0.25) is 6.04 Å². The zero-order chi connectivity index (χ0) is 14.1. The van der Waals surface area contributed by atoms with Crippen molar-refractivity contribution in [3.8, 4) is 0 Å². The first kappa shape index (κ1) is 16.2. The molecule has 2 nitrogen and oxygen atoms in total. The molecule has 1 radical (unpaired) electrons. The number of hydrogen-bond acceptors (Lipinski definition) is 2. The molecule has 3 heteroatoms. The van der Waals surface area contributed by atoms with Crippen molar-refractivity contribution in [1.29, 1.82) is 0 Å². The Bertz CT molecular complexity index is 379. The minimum absolute atomic E-state index is 0.242. The molecule has 1 aromatic rings. The minimum atomic E-state index is -0.914. The van der Waals surface area contributed by atoms with Crippen LogP contribution < -0.4 is 0 Å². The predicted molar refractivity (Wildman–Crippen MR) is 83.3 cm³/mol. The van der Waals surface area contributed by atoms with E-state index in [0.29, 0.717) is 6.61 Å². The fourth-order valence-electron chi connectivity index (χ4n) is 2.02. The normalized spacial score (nSPS) is 12.6. The van der Waals surface area contributed by atoms with E-state index in [4.69, 9.17) is 9.16 Å². The Morgan fingerprint density at radius 2 is 2.05 bits per heavy atom. The van der Waals surface area contributed by atoms with Crippen LogP contribution >= 0.6 is 0 Å². The van der Waals surface area contributed by atoms with Crippen molar-refractivity contribution >= 4 is 15.1 Å². The summed E-state index contributed by atoms with van der Waals surface area (Å²) in [5.74, 6) is 0. The Morgan fingerprint density at radius 1 is 1.32 bits per heavy atom. The van der Waals surface area contributed by atoms with Crippen LogP contribution in [0.25, 0.3) is 6.08 Å². The van der Waals surface area contributed by atoms with Gasteiger partial charge in [-0.1, -0.05) is 50.3 Å². The molecule has 0 fully saturated rings. The van der Waals surface area contributed by atoms with Gasteiger partial charge in [-0.15, -0.1) is 0 Å². The third-order valence-corrected chi connectivity index (χ3v) is 5.64. The SMILES string of the molecule is C=Cc1ccccc1CO[Si](CCC)C(C)OCC. The van der Waals surface area contributed by atoms with E-state index in [0.717, 1.165) is 24.6 Å². The highest BCUT2D eigenvalue weighted by molar-refractivity contribution is 6.53. The number of benzene rings is 1. The van der Waals surface area contributed by atoms with Crippen molar-refractivity contribution in [2.24, 2.45) is 0 Å². The Balaban J connectivity index is 2.62. The van der Waals surface area contributed by atoms with Gasteiger partial charge in [0.15, 0.2) is 0 Å². The molecule has 0 bridgehead atoms. The molecule has 0 amide bonds. The molecule has 0 spiro atoms. The van der Waals surface area contributed by atoms with E-state index in [1.54, 1.807) is 0 Å². The van der Waals surface area contributed by atoms with Gasteiger partial charge in [-0.3, -0.25) is 0 Å². The molecule has 1 rings (SSSR count). The molecule has 0 aromatic heterocycles. The van der Waals surface area contributed by atoms with Gasteiger partial charge in [0.25, 0.3) is 0 Å². The van der Waals surface area contributed by atoms with Crippen LogP contribution in [-0.4, -0.2) is 21.4 Å². The summed E-state index contributed by atoms with van der Waals surface area (Å²) in [4.78, 5) is 0. The van der Waals surface area contributed by atoms with Crippen molar-refractivity contribution in [1.82, 2.24) is 0 Å². The van der Waals surface area contributed by atoms with E-state index < -0.39 is 9.04 Å². The quantitative estimate of drug-likeness (QED) is 0.629. The largest absolute Gasteiger partial charge is 0.410 e. The van der Waals surface area contributed by atoms with Gasteiger partial charge in [-0.2, -0.15) is 0 Å². The smallest absolute Gasteiger partial charge is 0.241 e. The molecule has 0 aliphatic rings. The maximum absolute atomic E-state index is 6.15. The summed E-state index contributed by atoms with van der Waals surface area (Å²) in [6, 6.07) is 9.38. The van der Waals surface area contributed by atoms with Gasteiger partial charge < -0.3 is 9.16 Å². The lowest BCUT2D eigenvalue weighted by atomic mass is 10.1. The summed E-state index contributed by atoms with van der Waals surface area (Å²) in [5.41, 5.74) is 2.61. The molecule has 1 unspecified atom stereocenters. The molecule has 1 atom stereocenters. The first-order valence-corrected chi connectivity index (χ1v) is 8.72. The second-order valence-electron chi connectivity index (χ2n) is 4.51. The first-order valence-electron chi connectivity index (χ1n) is 7.03. The highest BCUT2D eigenvalue weighted by atomic mass is 28.3. The molecule has 0 aliphatic carbocycles. The van der Waals surface area contributed by atoms with Gasteiger partial charge in [0.2, 0.25) is 9.04 Å². The first-order chi connectivity index (χ1) is 9.22. The van der Waals surface area contributed by atoms with Gasteiger partial charge in [0.05, 0.1) is 12.3 Å². The number of hydrogen-bond donors (Lipinski definition) is 0. The number of ether oxygens (including phenoxy) is 1. The van der Waals surface area contributed by atoms with Crippen LogP contribution in [0.1, 0.15) is 38.3 Å². The summed E-state index contributed by atoms with van der Waals surface area (Å²) in [6.07, 6.45) is 3.03. The van der Waals surface area contributed by atoms with Gasteiger partial charge in [-0.25, -0.2) is 0 Å². The molecular weight excluding hydrogens is 252 g/mol. The molecule has 19 heavy (non-hydrogen) atoms. The zero-order valence-electron chi connectivity index (χ0n) is 12.3. The summed E-state index contributed by atoms with van der Waals surface area (Å²) >= 11 is 0. The average Bonchev–Trinajstić information content (AvgIpc) is 2.44. The number of rotatable bonds is 9. The molecule has 0 saturated heterocycles. The van der Waals surface area contributed by atoms with Gasteiger partial charge in [0.1, 0.15) is 0 Å². The molecular formula is C16H25O2Si.